The Balaban J connectivity index is 2.68. The monoisotopic (exact) mass is 397 g/mol. The maximum absolute atomic E-state index is 11.7. The van der Waals surface area contributed by atoms with Crippen molar-refractivity contribution < 1.29 is 4.79 Å². The zero-order chi connectivity index (χ0) is 11.3. The second-order valence-electron chi connectivity index (χ2n) is 2.92. The Morgan fingerprint density at radius 3 is 2.73 bits per heavy atom. The standard InChI is InChI=1S/C10H10Br3NO/c11-4-1-5-14-10(15)8-6-7(12)2-3-9(8)13/h2-3,6H,1,4-5H2,(H,14,15). The summed E-state index contributed by atoms with van der Waals surface area (Å²) in [7, 11) is 0. The molecule has 0 aromatic heterocycles. The third-order valence-corrected chi connectivity index (χ3v) is 3.51. The summed E-state index contributed by atoms with van der Waals surface area (Å²) in [4.78, 5) is 11.7. The molecule has 0 unspecified atom stereocenters. The topological polar surface area (TPSA) is 29.1 Å². The van der Waals surface area contributed by atoms with Gasteiger partial charge in [0.2, 0.25) is 0 Å². The second kappa shape index (κ2) is 6.66. The van der Waals surface area contributed by atoms with E-state index < -0.39 is 0 Å². The lowest BCUT2D eigenvalue weighted by Crippen LogP contribution is -2.25. The quantitative estimate of drug-likeness (QED) is 0.606. The summed E-state index contributed by atoms with van der Waals surface area (Å²) in [5.41, 5.74) is 0.652. The molecule has 0 aliphatic rings. The van der Waals surface area contributed by atoms with E-state index in [1.165, 1.54) is 0 Å². The largest absolute Gasteiger partial charge is 0.352 e. The van der Waals surface area contributed by atoms with Crippen molar-refractivity contribution in [2.45, 2.75) is 6.42 Å². The molecule has 1 N–H and O–H groups in total. The minimum atomic E-state index is -0.0517. The van der Waals surface area contributed by atoms with Gasteiger partial charge in [-0.1, -0.05) is 31.9 Å². The number of halogens is 3. The predicted molar refractivity (Wildman–Crippen MR) is 72.6 cm³/mol. The summed E-state index contributed by atoms with van der Waals surface area (Å²) in [5, 5.41) is 3.74. The molecule has 5 heteroatoms. The molecule has 15 heavy (non-hydrogen) atoms. The Labute approximate surface area is 114 Å². The summed E-state index contributed by atoms with van der Waals surface area (Å²) in [6.07, 6.45) is 0.928. The lowest BCUT2D eigenvalue weighted by Gasteiger charge is -2.06. The SMILES string of the molecule is O=C(NCCCBr)c1cc(Br)ccc1Br. The maximum atomic E-state index is 11.7. The van der Waals surface area contributed by atoms with Crippen LogP contribution in [0.2, 0.25) is 0 Å². The Hall–Kier alpha value is 0.130. The number of carbonyl (C=O) groups is 1. The van der Waals surface area contributed by atoms with Crippen LogP contribution in [0.3, 0.4) is 0 Å². The van der Waals surface area contributed by atoms with E-state index in [9.17, 15) is 4.79 Å². The molecular formula is C10H10Br3NO. The van der Waals surface area contributed by atoms with Crippen molar-refractivity contribution >= 4 is 53.7 Å². The zero-order valence-electron chi connectivity index (χ0n) is 7.90. The van der Waals surface area contributed by atoms with Crippen LogP contribution in [0, 0.1) is 0 Å². The highest BCUT2D eigenvalue weighted by Crippen LogP contribution is 2.21. The van der Waals surface area contributed by atoms with E-state index in [-0.39, 0.29) is 5.91 Å². The molecule has 0 atom stereocenters. The molecule has 0 fully saturated rings. The van der Waals surface area contributed by atoms with Crippen molar-refractivity contribution in [1.82, 2.24) is 5.32 Å². The number of nitrogens with one attached hydrogen (secondary N) is 1. The number of hydrogen-bond donors (Lipinski definition) is 1. The number of alkyl halides is 1. The van der Waals surface area contributed by atoms with Crippen LogP contribution < -0.4 is 5.32 Å². The van der Waals surface area contributed by atoms with E-state index >= 15 is 0 Å². The van der Waals surface area contributed by atoms with Gasteiger partial charge in [-0.15, -0.1) is 0 Å². The Kier molecular flexibility index (Phi) is 5.86. The van der Waals surface area contributed by atoms with E-state index in [2.05, 4.69) is 53.1 Å². The second-order valence-corrected chi connectivity index (χ2v) is 5.49. The molecule has 0 heterocycles. The number of hydrogen-bond acceptors (Lipinski definition) is 1. The van der Waals surface area contributed by atoms with Gasteiger partial charge in [-0.25, -0.2) is 0 Å². The van der Waals surface area contributed by atoms with Crippen molar-refractivity contribution in [3.05, 3.63) is 32.7 Å². The van der Waals surface area contributed by atoms with Crippen LogP contribution >= 0.6 is 47.8 Å². The molecule has 0 spiro atoms. The number of carbonyl (C=O) groups excluding carboxylic acids is 1. The average molecular weight is 400 g/mol. The molecule has 1 amide bonds. The van der Waals surface area contributed by atoms with Crippen molar-refractivity contribution in [3.8, 4) is 0 Å². The molecule has 0 saturated carbocycles. The lowest BCUT2D eigenvalue weighted by molar-refractivity contribution is 0.0953. The van der Waals surface area contributed by atoms with Crippen LogP contribution in [-0.4, -0.2) is 17.8 Å². The molecule has 82 valence electrons. The van der Waals surface area contributed by atoms with Gasteiger partial charge < -0.3 is 5.32 Å². The maximum Gasteiger partial charge on any atom is 0.252 e. The van der Waals surface area contributed by atoms with Crippen molar-refractivity contribution in [2.75, 3.05) is 11.9 Å². The molecule has 0 radical (unpaired) electrons. The van der Waals surface area contributed by atoms with Gasteiger partial charge in [-0.3, -0.25) is 4.79 Å². The molecule has 0 aliphatic carbocycles. The van der Waals surface area contributed by atoms with Crippen molar-refractivity contribution in [3.63, 3.8) is 0 Å². The van der Waals surface area contributed by atoms with Crippen LogP contribution in [0.5, 0.6) is 0 Å². The minimum absolute atomic E-state index is 0.0517. The van der Waals surface area contributed by atoms with Crippen LogP contribution in [0.15, 0.2) is 27.1 Å². The molecule has 1 rings (SSSR count). The third-order valence-electron chi connectivity index (χ3n) is 1.77. The Morgan fingerprint density at radius 2 is 2.07 bits per heavy atom. The van der Waals surface area contributed by atoms with Gasteiger partial charge in [0.05, 0.1) is 5.56 Å². The van der Waals surface area contributed by atoms with E-state index in [4.69, 9.17) is 0 Å². The molecule has 0 bridgehead atoms. The highest BCUT2D eigenvalue weighted by molar-refractivity contribution is 9.11. The highest BCUT2D eigenvalue weighted by Gasteiger charge is 2.09. The first kappa shape index (κ1) is 13.2. The van der Waals surface area contributed by atoms with E-state index in [0.717, 1.165) is 20.7 Å². The summed E-state index contributed by atoms with van der Waals surface area (Å²) in [6.45, 7) is 0.684. The fourth-order valence-electron chi connectivity index (χ4n) is 1.04. The van der Waals surface area contributed by atoms with Gasteiger partial charge in [-0.2, -0.15) is 0 Å². The first-order valence-electron chi connectivity index (χ1n) is 4.44. The molecule has 2 nitrogen and oxygen atoms in total. The first-order chi connectivity index (χ1) is 7.15. The Morgan fingerprint density at radius 1 is 1.33 bits per heavy atom. The number of amides is 1. The summed E-state index contributed by atoms with van der Waals surface area (Å²) in [6, 6.07) is 5.54. The van der Waals surface area contributed by atoms with Crippen LogP contribution in [0.1, 0.15) is 16.8 Å². The van der Waals surface area contributed by atoms with E-state index in [1.54, 1.807) is 6.07 Å². The van der Waals surface area contributed by atoms with Gasteiger partial charge in [0.1, 0.15) is 0 Å². The predicted octanol–water partition coefficient (Wildman–Crippen LogP) is 3.73. The van der Waals surface area contributed by atoms with Crippen LogP contribution in [-0.2, 0) is 0 Å². The van der Waals surface area contributed by atoms with Crippen molar-refractivity contribution in [2.24, 2.45) is 0 Å². The summed E-state index contributed by atoms with van der Waals surface area (Å²) < 4.78 is 1.71. The molecule has 1 aromatic rings. The summed E-state index contributed by atoms with van der Waals surface area (Å²) in [5.74, 6) is -0.0517. The van der Waals surface area contributed by atoms with E-state index in [1.807, 2.05) is 12.1 Å². The smallest absolute Gasteiger partial charge is 0.252 e. The van der Waals surface area contributed by atoms with Gasteiger partial charge in [0.25, 0.3) is 5.91 Å². The van der Waals surface area contributed by atoms with Crippen LogP contribution in [0.25, 0.3) is 0 Å². The molecular weight excluding hydrogens is 390 g/mol. The summed E-state index contributed by atoms with van der Waals surface area (Å²) >= 11 is 10.0. The van der Waals surface area contributed by atoms with Crippen LogP contribution in [0.4, 0.5) is 0 Å². The van der Waals surface area contributed by atoms with Gasteiger partial charge in [-0.05, 0) is 40.5 Å². The zero-order valence-corrected chi connectivity index (χ0v) is 12.7. The van der Waals surface area contributed by atoms with Gasteiger partial charge in [0, 0.05) is 20.8 Å². The lowest BCUT2D eigenvalue weighted by atomic mass is 10.2. The number of benzene rings is 1. The molecule has 0 saturated heterocycles. The van der Waals surface area contributed by atoms with Gasteiger partial charge >= 0.3 is 0 Å². The van der Waals surface area contributed by atoms with Gasteiger partial charge in [0.15, 0.2) is 0 Å². The van der Waals surface area contributed by atoms with E-state index in [0.29, 0.717) is 12.1 Å². The Bertz CT molecular complexity index is 355. The molecule has 0 aliphatic heterocycles. The average Bonchev–Trinajstić information content (AvgIpc) is 2.22. The fraction of sp³-hybridized carbons (Fsp3) is 0.300. The highest BCUT2D eigenvalue weighted by atomic mass is 79.9. The normalized spacial score (nSPS) is 10.1. The molecule has 1 aromatic carbocycles. The third kappa shape index (κ3) is 4.25. The fourth-order valence-corrected chi connectivity index (χ4v) is 2.10. The first-order valence-corrected chi connectivity index (χ1v) is 7.15. The van der Waals surface area contributed by atoms with Crippen molar-refractivity contribution in [1.29, 1.82) is 0 Å². The minimum Gasteiger partial charge on any atom is -0.352 e. The number of rotatable bonds is 4.